The molecule has 132 valence electrons. The van der Waals surface area contributed by atoms with Crippen LogP contribution in [0.15, 0.2) is 65.6 Å². The second kappa shape index (κ2) is 11.3. The van der Waals surface area contributed by atoms with Crippen molar-refractivity contribution in [1.82, 2.24) is 0 Å². The molecule has 4 nitrogen and oxygen atoms in total. The molecule has 0 radical (unpaired) electrons. The molecule has 0 spiro atoms. The van der Waals surface area contributed by atoms with Crippen molar-refractivity contribution in [2.75, 3.05) is 5.94 Å². The van der Waals surface area contributed by atoms with Gasteiger partial charge in [0.1, 0.15) is 12.5 Å². The van der Waals surface area contributed by atoms with Crippen LogP contribution in [-0.2, 0) is 25.7 Å². The Kier molecular flexibility index (Phi) is 8.63. The molecule has 0 aromatic heterocycles. The van der Waals surface area contributed by atoms with E-state index in [1.165, 1.54) is 11.8 Å². The van der Waals surface area contributed by atoms with E-state index in [2.05, 4.69) is 0 Å². The predicted molar refractivity (Wildman–Crippen MR) is 98.0 cm³/mol. The first-order valence-electron chi connectivity index (χ1n) is 8.27. The van der Waals surface area contributed by atoms with Crippen molar-refractivity contribution < 1.29 is 19.1 Å². The normalized spacial score (nSPS) is 10.2. The van der Waals surface area contributed by atoms with Crippen molar-refractivity contribution in [2.45, 2.75) is 37.2 Å². The summed E-state index contributed by atoms with van der Waals surface area (Å²) in [4.78, 5) is 24.4. The van der Waals surface area contributed by atoms with Crippen LogP contribution in [0.4, 0.5) is 0 Å². The minimum absolute atomic E-state index is 0.235. The molecule has 2 aromatic rings. The lowest BCUT2D eigenvalue weighted by Crippen LogP contribution is -2.06. The molecular weight excluding hydrogens is 336 g/mol. The van der Waals surface area contributed by atoms with Gasteiger partial charge in [0.05, 0.1) is 0 Å². The number of unbranched alkanes of at least 4 members (excludes halogenated alkanes) is 1. The van der Waals surface area contributed by atoms with Gasteiger partial charge in [-0.1, -0.05) is 60.3 Å². The molecule has 0 unspecified atom stereocenters. The minimum atomic E-state index is -0.239. The zero-order valence-corrected chi connectivity index (χ0v) is 14.9. The van der Waals surface area contributed by atoms with E-state index >= 15 is 0 Å². The predicted octanol–water partition coefficient (Wildman–Crippen LogP) is 4.58. The summed E-state index contributed by atoms with van der Waals surface area (Å²) in [5.41, 5.74) is 0.968. The standard InChI is InChI=1S/C20H22O4S/c21-19(23-15-17-9-3-1-4-10-17)13-7-8-14-20(22)24-16-25-18-11-5-2-6-12-18/h1-6,9-12H,7-8,13-16H2. The molecule has 0 bridgehead atoms. The third-order valence-corrected chi connectivity index (χ3v) is 4.28. The second-order valence-electron chi connectivity index (χ2n) is 5.44. The van der Waals surface area contributed by atoms with E-state index in [1.54, 1.807) is 0 Å². The highest BCUT2D eigenvalue weighted by Crippen LogP contribution is 2.17. The first kappa shape index (κ1) is 19.1. The first-order valence-corrected chi connectivity index (χ1v) is 9.25. The summed E-state index contributed by atoms with van der Waals surface area (Å²) in [6.07, 6.45) is 1.88. The van der Waals surface area contributed by atoms with E-state index in [9.17, 15) is 9.59 Å². The van der Waals surface area contributed by atoms with Crippen LogP contribution in [0.3, 0.4) is 0 Å². The third-order valence-electron chi connectivity index (χ3n) is 3.44. The fraction of sp³-hybridized carbons (Fsp3) is 0.300. The topological polar surface area (TPSA) is 52.6 Å². The molecule has 0 N–H and O–H groups in total. The van der Waals surface area contributed by atoms with Gasteiger partial charge in [-0.2, -0.15) is 0 Å². The zero-order valence-electron chi connectivity index (χ0n) is 14.1. The summed E-state index contributed by atoms with van der Waals surface area (Å²) in [6.45, 7) is 0.290. The molecule has 2 rings (SSSR count). The summed E-state index contributed by atoms with van der Waals surface area (Å²) >= 11 is 1.48. The van der Waals surface area contributed by atoms with E-state index in [1.807, 2.05) is 60.7 Å². The number of benzene rings is 2. The number of esters is 2. The lowest BCUT2D eigenvalue weighted by molar-refractivity contribution is -0.146. The number of carbonyl (C=O) groups excluding carboxylic acids is 2. The molecule has 0 aliphatic carbocycles. The second-order valence-corrected chi connectivity index (χ2v) is 6.44. The van der Waals surface area contributed by atoms with Gasteiger partial charge in [-0.3, -0.25) is 9.59 Å². The number of hydrogen-bond acceptors (Lipinski definition) is 5. The molecule has 5 heteroatoms. The van der Waals surface area contributed by atoms with Crippen LogP contribution in [0.1, 0.15) is 31.2 Å². The van der Waals surface area contributed by atoms with Crippen LogP contribution >= 0.6 is 11.8 Å². The number of carbonyl (C=O) groups is 2. The fourth-order valence-electron chi connectivity index (χ4n) is 2.10. The summed E-state index contributed by atoms with van der Waals surface area (Å²) in [5.74, 6) is -0.167. The maximum atomic E-state index is 11.6. The van der Waals surface area contributed by atoms with Gasteiger partial charge in [-0.05, 0) is 30.5 Å². The van der Waals surface area contributed by atoms with Gasteiger partial charge >= 0.3 is 11.9 Å². The average Bonchev–Trinajstić information content (AvgIpc) is 2.65. The largest absolute Gasteiger partial charge is 0.461 e. The molecule has 25 heavy (non-hydrogen) atoms. The Morgan fingerprint density at radius 1 is 0.760 bits per heavy atom. The molecule has 0 saturated heterocycles. The van der Waals surface area contributed by atoms with Gasteiger partial charge in [0, 0.05) is 17.7 Å². The highest BCUT2D eigenvalue weighted by atomic mass is 32.2. The molecule has 0 aliphatic rings. The molecule has 0 saturated carbocycles. The SMILES string of the molecule is O=C(CCCCC(=O)OCc1ccccc1)OCSc1ccccc1. The molecular formula is C20H22O4S. The van der Waals surface area contributed by atoms with E-state index in [-0.39, 0.29) is 11.9 Å². The van der Waals surface area contributed by atoms with Crippen molar-refractivity contribution >= 4 is 23.7 Å². The first-order chi connectivity index (χ1) is 12.2. The quantitative estimate of drug-likeness (QED) is 0.269. The van der Waals surface area contributed by atoms with Crippen LogP contribution in [0.25, 0.3) is 0 Å². The van der Waals surface area contributed by atoms with Gasteiger partial charge in [-0.25, -0.2) is 0 Å². The van der Waals surface area contributed by atoms with Crippen molar-refractivity contribution in [2.24, 2.45) is 0 Å². The summed E-state index contributed by atoms with van der Waals surface area (Å²) in [5, 5.41) is 0. The van der Waals surface area contributed by atoms with E-state index < -0.39 is 0 Å². The highest BCUT2D eigenvalue weighted by molar-refractivity contribution is 7.99. The van der Waals surface area contributed by atoms with Crippen LogP contribution < -0.4 is 0 Å². The van der Waals surface area contributed by atoms with Gasteiger partial charge < -0.3 is 9.47 Å². The van der Waals surface area contributed by atoms with Crippen molar-refractivity contribution in [3.8, 4) is 0 Å². The van der Waals surface area contributed by atoms with Gasteiger partial charge in [0.15, 0.2) is 0 Å². The van der Waals surface area contributed by atoms with E-state index in [0.29, 0.717) is 38.2 Å². The van der Waals surface area contributed by atoms with Crippen LogP contribution in [-0.4, -0.2) is 17.9 Å². The van der Waals surface area contributed by atoms with Crippen molar-refractivity contribution in [3.05, 3.63) is 66.2 Å². The number of rotatable bonds is 10. The summed E-state index contributed by atoms with van der Waals surface area (Å²) < 4.78 is 10.4. The monoisotopic (exact) mass is 358 g/mol. The Bertz CT molecular complexity index is 643. The van der Waals surface area contributed by atoms with Crippen LogP contribution in [0.2, 0.25) is 0 Å². The minimum Gasteiger partial charge on any atom is -0.461 e. The fourth-order valence-corrected chi connectivity index (χ4v) is 2.78. The molecule has 0 fully saturated rings. The maximum Gasteiger partial charge on any atom is 0.306 e. The molecule has 0 amide bonds. The Morgan fingerprint density at radius 3 is 1.96 bits per heavy atom. The lowest BCUT2D eigenvalue weighted by Gasteiger charge is -2.06. The van der Waals surface area contributed by atoms with Crippen LogP contribution in [0.5, 0.6) is 0 Å². The Balaban J connectivity index is 1.49. The highest BCUT2D eigenvalue weighted by Gasteiger charge is 2.06. The average molecular weight is 358 g/mol. The van der Waals surface area contributed by atoms with E-state index in [0.717, 1.165) is 10.5 Å². The molecule has 2 aromatic carbocycles. The Hall–Kier alpha value is -2.27. The number of thioether (sulfide) groups is 1. The van der Waals surface area contributed by atoms with Crippen molar-refractivity contribution in [1.29, 1.82) is 0 Å². The van der Waals surface area contributed by atoms with Crippen LogP contribution in [0, 0.1) is 0 Å². The summed E-state index contributed by atoms with van der Waals surface area (Å²) in [6, 6.07) is 19.3. The van der Waals surface area contributed by atoms with Gasteiger partial charge in [0.2, 0.25) is 0 Å². The number of hydrogen-bond donors (Lipinski definition) is 0. The Morgan fingerprint density at radius 2 is 1.32 bits per heavy atom. The lowest BCUT2D eigenvalue weighted by atomic mass is 10.2. The van der Waals surface area contributed by atoms with Gasteiger partial charge in [-0.15, -0.1) is 0 Å². The van der Waals surface area contributed by atoms with Crippen molar-refractivity contribution in [3.63, 3.8) is 0 Å². The van der Waals surface area contributed by atoms with Gasteiger partial charge in [0.25, 0.3) is 0 Å². The zero-order chi connectivity index (χ0) is 17.7. The maximum absolute atomic E-state index is 11.6. The molecule has 0 aliphatic heterocycles. The Labute approximate surface area is 152 Å². The third kappa shape index (κ3) is 8.40. The molecule has 0 atom stereocenters. The smallest absolute Gasteiger partial charge is 0.306 e. The number of ether oxygens (including phenoxy) is 2. The molecule has 0 heterocycles. The van der Waals surface area contributed by atoms with E-state index in [4.69, 9.17) is 9.47 Å². The summed E-state index contributed by atoms with van der Waals surface area (Å²) in [7, 11) is 0.